The van der Waals surface area contributed by atoms with Crippen molar-refractivity contribution in [3.8, 4) is 17.2 Å². The van der Waals surface area contributed by atoms with Gasteiger partial charge in [-0.1, -0.05) is 0 Å². The SMILES string of the molecule is COc1ccc(OC)c(S(=O)(=O)N2CCN(Cc3cc(F)ccc3OC)CC2)c1. The summed E-state index contributed by atoms with van der Waals surface area (Å²) >= 11 is 0. The normalized spacial score (nSPS) is 15.9. The highest BCUT2D eigenvalue weighted by Gasteiger charge is 2.31. The first-order chi connectivity index (χ1) is 13.9. The van der Waals surface area contributed by atoms with E-state index in [9.17, 15) is 12.8 Å². The lowest BCUT2D eigenvalue weighted by atomic mass is 10.1. The molecular weight excluding hydrogens is 399 g/mol. The Morgan fingerprint density at radius 3 is 2.17 bits per heavy atom. The van der Waals surface area contributed by atoms with Crippen LogP contribution < -0.4 is 14.2 Å². The molecular formula is C20H25FN2O5S. The second-order valence-electron chi connectivity index (χ2n) is 6.65. The molecule has 0 N–H and O–H groups in total. The lowest BCUT2D eigenvalue weighted by molar-refractivity contribution is 0.179. The minimum atomic E-state index is -3.74. The highest BCUT2D eigenvalue weighted by Crippen LogP contribution is 2.31. The van der Waals surface area contributed by atoms with E-state index < -0.39 is 10.0 Å². The molecule has 7 nitrogen and oxygen atoms in total. The van der Waals surface area contributed by atoms with Gasteiger partial charge in [-0.2, -0.15) is 4.31 Å². The molecule has 9 heteroatoms. The van der Waals surface area contributed by atoms with Gasteiger partial charge in [0.2, 0.25) is 10.0 Å². The highest BCUT2D eigenvalue weighted by atomic mass is 32.2. The van der Waals surface area contributed by atoms with Gasteiger partial charge in [0, 0.05) is 44.4 Å². The average molecular weight is 424 g/mol. The molecule has 0 saturated carbocycles. The van der Waals surface area contributed by atoms with Gasteiger partial charge in [-0.05, 0) is 30.3 Å². The maximum Gasteiger partial charge on any atom is 0.246 e. The summed E-state index contributed by atoms with van der Waals surface area (Å²) in [7, 11) is 0.728. The Morgan fingerprint density at radius 1 is 0.897 bits per heavy atom. The first-order valence-corrected chi connectivity index (χ1v) is 10.6. The van der Waals surface area contributed by atoms with Crippen LogP contribution in [0.5, 0.6) is 17.2 Å². The van der Waals surface area contributed by atoms with Crippen LogP contribution in [0.25, 0.3) is 0 Å². The molecule has 0 bridgehead atoms. The molecule has 2 aromatic carbocycles. The first-order valence-electron chi connectivity index (χ1n) is 9.16. The predicted molar refractivity (Wildman–Crippen MR) is 107 cm³/mol. The molecule has 0 unspecified atom stereocenters. The van der Waals surface area contributed by atoms with Crippen molar-refractivity contribution in [3.05, 3.63) is 47.8 Å². The molecule has 158 valence electrons. The van der Waals surface area contributed by atoms with E-state index in [0.29, 0.717) is 44.2 Å². The molecule has 1 fully saturated rings. The maximum absolute atomic E-state index is 13.6. The van der Waals surface area contributed by atoms with Crippen molar-refractivity contribution in [3.63, 3.8) is 0 Å². The number of methoxy groups -OCH3 is 3. The first kappa shape index (κ1) is 21.4. The fourth-order valence-corrected chi connectivity index (χ4v) is 4.96. The molecule has 3 rings (SSSR count). The maximum atomic E-state index is 13.6. The van der Waals surface area contributed by atoms with Gasteiger partial charge >= 0.3 is 0 Å². The van der Waals surface area contributed by atoms with Crippen molar-refractivity contribution in [2.45, 2.75) is 11.4 Å². The number of ether oxygens (including phenoxy) is 3. The number of benzene rings is 2. The van der Waals surface area contributed by atoms with Gasteiger partial charge in [0.25, 0.3) is 0 Å². The third-order valence-corrected chi connectivity index (χ3v) is 6.88. The molecule has 0 aliphatic carbocycles. The monoisotopic (exact) mass is 424 g/mol. The summed E-state index contributed by atoms with van der Waals surface area (Å²) in [5, 5.41) is 0. The summed E-state index contributed by atoms with van der Waals surface area (Å²) in [5.74, 6) is 1.01. The van der Waals surface area contributed by atoms with Crippen LogP contribution in [-0.4, -0.2) is 65.1 Å². The fraction of sp³-hybridized carbons (Fsp3) is 0.400. The number of halogens is 1. The molecule has 29 heavy (non-hydrogen) atoms. The molecule has 1 aliphatic heterocycles. The summed E-state index contributed by atoms with van der Waals surface area (Å²) in [5.41, 5.74) is 0.735. The third-order valence-electron chi connectivity index (χ3n) is 4.96. The van der Waals surface area contributed by atoms with E-state index >= 15 is 0 Å². The molecule has 0 atom stereocenters. The molecule has 0 amide bonds. The number of hydrogen-bond donors (Lipinski definition) is 0. The van der Waals surface area contributed by atoms with Crippen LogP contribution in [0, 0.1) is 5.82 Å². The molecule has 0 aromatic heterocycles. The van der Waals surface area contributed by atoms with Gasteiger partial charge in [-0.15, -0.1) is 0 Å². The quantitative estimate of drug-likeness (QED) is 0.680. The lowest BCUT2D eigenvalue weighted by Gasteiger charge is -2.34. The Bertz CT molecular complexity index is 959. The Hall–Kier alpha value is -2.36. The minimum absolute atomic E-state index is 0.0830. The zero-order chi connectivity index (χ0) is 21.0. The van der Waals surface area contributed by atoms with Crippen LogP contribution in [0.2, 0.25) is 0 Å². The zero-order valence-corrected chi connectivity index (χ0v) is 17.5. The fourth-order valence-electron chi connectivity index (χ4n) is 3.36. The van der Waals surface area contributed by atoms with Gasteiger partial charge in [0.15, 0.2) is 0 Å². The largest absolute Gasteiger partial charge is 0.497 e. The third kappa shape index (κ3) is 4.63. The van der Waals surface area contributed by atoms with E-state index in [2.05, 4.69) is 4.90 Å². The van der Waals surface area contributed by atoms with Gasteiger partial charge in [-0.25, -0.2) is 12.8 Å². The van der Waals surface area contributed by atoms with Crippen LogP contribution in [0.4, 0.5) is 4.39 Å². The van der Waals surface area contributed by atoms with E-state index in [0.717, 1.165) is 5.56 Å². The minimum Gasteiger partial charge on any atom is -0.497 e. The van der Waals surface area contributed by atoms with Crippen molar-refractivity contribution in [2.75, 3.05) is 47.5 Å². The number of rotatable bonds is 7. The number of hydrogen-bond acceptors (Lipinski definition) is 6. The summed E-state index contributed by atoms with van der Waals surface area (Å²) in [6, 6.07) is 9.11. The Morgan fingerprint density at radius 2 is 1.55 bits per heavy atom. The topological polar surface area (TPSA) is 68.3 Å². The predicted octanol–water partition coefficient (Wildman–Crippen LogP) is 2.36. The van der Waals surface area contributed by atoms with Crippen molar-refractivity contribution in [1.82, 2.24) is 9.21 Å². The molecule has 0 spiro atoms. The second kappa shape index (κ2) is 8.98. The number of sulfonamides is 1. The van der Waals surface area contributed by atoms with Crippen LogP contribution in [0.1, 0.15) is 5.56 Å². The molecule has 0 radical (unpaired) electrons. The smallest absolute Gasteiger partial charge is 0.246 e. The van der Waals surface area contributed by atoms with E-state index in [1.807, 2.05) is 0 Å². The Labute approximate surface area is 170 Å². The number of nitrogens with zero attached hydrogens (tertiary/aromatic N) is 2. The number of piperazine rings is 1. The summed E-state index contributed by atoms with van der Waals surface area (Å²) in [6.45, 7) is 2.16. The van der Waals surface area contributed by atoms with E-state index in [1.54, 1.807) is 25.3 Å². The van der Waals surface area contributed by atoms with E-state index in [-0.39, 0.29) is 16.5 Å². The van der Waals surface area contributed by atoms with E-state index in [4.69, 9.17) is 14.2 Å². The highest BCUT2D eigenvalue weighted by molar-refractivity contribution is 7.89. The molecule has 1 saturated heterocycles. The van der Waals surface area contributed by atoms with Crippen LogP contribution in [-0.2, 0) is 16.6 Å². The van der Waals surface area contributed by atoms with E-state index in [1.165, 1.54) is 36.7 Å². The standard InChI is InChI=1S/C20H25FN2O5S/c1-26-17-5-7-19(28-3)20(13-17)29(24,25)23-10-8-22(9-11-23)14-15-12-16(21)4-6-18(15)27-2/h4-7,12-13H,8-11,14H2,1-3H3. The van der Waals surface area contributed by atoms with Crippen molar-refractivity contribution < 1.29 is 27.0 Å². The summed E-state index contributed by atoms with van der Waals surface area (Å²) in [6.07, 6.45) is 0. The molecule has 1 aliphatic rings. The zero-order valence-electron chi connectivity index (χ0n) is 16.7. The van der Waals surface area contributed by atoms with Crippen LogP contribution in [0.3, 0.4) is 0 Å². The van der Waals surface area contributed by atoms with Gasteiger partial charge in [0.05, 0.1) is 21.3 Å². The molecule has 1 heterocycles. The molecule has 2 aromatic rings. The van der Waals surface area contributed by atoms with Crippen molar-refractivity contribution in [2.24, 2.45) is 0 Å². The lowest BCUT2D eigenvalue weighted by Crippen LogP contribution is -2.48. The van der Waals surface area contributed by atoms with Gasteiger partial charge in [-0.3, -0.25) is 4.90 Å². The van der Waals surface area contributed by atoms with Crippen LogP contribution in [0.15, 0.2) is 41.3 Å². The Kier molecular flexibility index (Phi) is 6.61. The van der Waals surface area contributed by atoms with Crippen molar-refractivity contribution >= 4 is 10.0 Å². The average Bonchev–Trinajstić information content (AvgIpc) is 2.74. The van der Waals surface area contributed by atoms with Crippen molar-refractivity contribution in [1.29, 1.82) is 0 Å². The second-order valence-corrected chi connectivity index (χ2v) is 8.56. The summed E-state index contributed by atoms with van der Waals surface area (Å²) in [4.78, 5) is 2.16. The summed E-state index contributed by atoms with van der Waals surface area (Å²) < 4.78 is 57.0. The van der Waals surface area contributed by atoms with Crippen LogP contribution >= 0.6 is 0 Å². The van der Waals surface area contributed by atoms with Gasteiger partial charge < -0.3 is 14.2 Å². The Balaban J connectivity index is 1.73. The van der Waals surface area contributed by atoms with Gasteiger partial charge in [0.1, 0.15) is 28.0 Å².